The first kappa shape index (κ1) is 39.6. The maximum absolute atomic E-state index is 6.82. The van der Waals surface area contributed by atoms with Crippen LogP contribution in [0.4, 0.5) is 34.1 Å². The molecule has 0 aliphatic carbocycles. The molecule has 0 amide bonds. The second kappa shape index (κ2) is 16.6. The average Bonchev–Trinajstić information content (AvgIpc) is 4.00. The fourth-order valence-electron chi connectivity index (χ4n) is 10.2. The van der Waals surface area contributed by atoms with Gasteiger partial charge in [0.15, 0.2) is 5.58 Å². The maximum atomic E-state index is 6.82. The molecule has 0 saturated heterocycles. The van der Waals surface area contributed by atoms with Gasteiger partial charge in [-0.3, -0.25) is 0 Å². The van der Waals surface area contributed by atoms with E-state index in [1.54, 1.807) is 0 Å². The molecular formula is C64H42N2OS. The largest absolute Gasteiger partial charge is 0.454 e. The van der Waals surface area contributed by atoms with Crippen LogP contribution in [0.1, 0.15) is 0 Å². The highest BCUT2D eigenvalue weighted by atomic mass is 32.1. The van der Waals surface area contributed by atoms with Crippen LogP contribution in [0, 0.1) is 0 Å². The van der Waals surface area contributed by atoms with Crippen molar-refractivity contribution in [3.05, 3.63) is 255 Å². The van der Waals surface area contributed by atoms with Crippen LogP contribution in [0.15, 0.2) is 259 Å². The zero-order valence-electron chi connectivity index (χ0n) is 37.0. The molecule has 68 heavy (non-hydrogen) atoms. The maximum Gasteiger partial charge on any atom is 0.159 e. The topological polar surface area (TPSA) is 19.6 Å². The van der Waals surface area contributed by atoms with Gasteiger partial charge >= 0.3 is 0 Å². The van der Waals surface area contributed by atoms with Crippen molar-refractivity contribution in [3.8, 4) is 33.4 Å². The Bertz CT molecular complexity index is 3890. The smallest absolute Gasteiger partial charge is 0.159 e. The molecule has 0 N–H and O–H groups in total. The van der Waals surface area contributed by atoms with Crippen LogP contribution in [0.2, 0.25) is 0 Å². The molecular weight excluding hydrogens is 845 g/mol. The van der Waals surface area contributed by atoms with E-state index in [0.717, 1.165) is 78.3 Å². The van der Waals surface area contributed by atoms with E-state index in [0.29, 0.717) is 0 Å². The highest BCUT2D eigenvalue weighted by molar-refractivity contribution is 7.26. The molecule has 0 saturated carbocycles. The molecule has 0 unspecified atom stereocenters. The van der Waals surface area contributed by atoms with Crippen molar-refractivity contribution in [2.75, 3.05) is 9.80 Å². The number of anilines is 6. The van der Waals surface area contributed by atoms with Crippen molar-refractivity contribution in [1.82, 2.24) is 0 Å². The number of hydrogen-bond donors (Lipinski definition) is 0. The van der Waals surface area contributed by atoms with Gasteiger partial charge in [0, 0.05) is 48.4 Å². The van der Waals surface area contributed by atoms with Gasteiger partial charge in [-0.1, -0.05) is 200 Å². The lowest BCUT2D eigenvalue weighted by Gasteiger charge is -2.31. The van der Waals surface area contributed by atoms with E-state index in [-0.39, 0.29) is 0 Å². The van der Waals surface area contributed by atoms with Crippen LogP contribution < -0.4 is 9.80 Å². The predicted molar refractivity (Wildman–Crippen MR) is 290 cm³/mol. The summed E-state index contributed by atoms with van der Waals surface area (Å²) in [7, 11) is 0. The Morgan fingerprint density at radius 2 is 0.824 bits per heavy atom. The number of furan rings is 1. The molecule has 320 valence electrons. The van der Waals surface area contributed by atoms with Crippen molar-refractivity contribution in [3.63, 3.8) is 0 Å². The van der Waals surface area contributed by atoms with Crippen LogP contribution >= 0.6 is 11.3 Å². The standard InChI is InChI=1S/C64H42N2OS/c1-3-20-43(21-4-1)47-40-41-58(51-29-8-7-28-50(47)51)66(56-34-13-9-26-48(56)44-22-5-2-6-23-44)57-35-14-10-27-49(57)45-24-17-25-46(42-45)65(59-36-18-32-54-52-30-11-15-38-61(52)67-63(54)59)60-37-19-33-55-53-31-12-16-39-62(53)68-64(55)60/h1-42H. The number of benzene rings is 11. The van der Waals surface area contributed by atoms with Crippen molar-refractivity contribution in [1.29, 1.82) is 0 Å². The molecule has 13 rings (SSSR count). The minimum atomic E-state index is 0.854. The third-order valence-corrected chi connectivity index (χ3v) is 14.5. The number of para-hydroxylation sites is 4. The van der Waals surface area contributed by atoms with E-state index in [4.69, 9.17) is 4.42 Å². The highest BCUT2D eigenvalue weighted by Crippen LogP contribution is 2.51. The van der Waals surface area contributed by atoms with Gasteiger partial charge in [-0.25, -0.2) is 0 Å². The van der Waals surface area contributed by atoms with E-state index < -0.39 is 0 Å². The van der Waals surface area contributed by atoms with Gasteiger partial charge in [-0.05, 0) is 82.2 Å². The molecule has 13 aromatic rings. The Labute approximate surface area is 398 Å². The lowest BCUT2D eigenvalue weighted by atomic mass is 9.94. The van der Waals surface area contributed by atoms with E-state index in [1.165, 1.54) is 42.1 Å². The number of fused-ring (bicyclic) bond motifs is 7. The third kappa shape index (κ3) is 6.65. The average molecular weight is 887 g/mol. The SMILES string of the molecule is c1ccc(-c2ccccc2N(c2ccccc2-c2cccc(N(c3cccc4c3oc3ccccc34)c3cccc4c3sc3ccccc34)c2)c2ccc(-c3ccccc3)c3ccccc23)cc1. The summed E-state index contributed by atoms with van der Waals surface area (Å²) in [5.41, 5.74) is 15.0. The zero-order valence-corrected chi connectivity index (χ0v) is 37.8. The molecule has 0 radical (unpaired) electrons. The summed E-state index contributed by atoms with van der Waals surface area (Å²) in [5, 5.41) is 7.06. The molecule has 0 bridgehead atoms. The van der Waals surface area contributed by atoms with Crippen molar-refractivity contribution < 1.29 is 4.42 Å². The number of nitrogens with zero attached hydrogens (tertiary/aromatic N) is 2. The van der Waals surface area contributed by atoms with Crippen molar-refractivity contribution in [2.24, 2.45) is 0 Å². The fraction of sp³-hybridized carbons (Fsp3) is 0. The Hall–Kier alpha value is -8.70. The van der Waals surface area contributed by atoms with E-state index in [2.05, 4.69) is 259 Å². The fourth-order valence-corrected chi connectivity index (χ4v) is 11.4. The minimum Gasteiger partial charge on any atom is -0.454 e. The Kier molecular flexibility index (Phi) is 9.69. The molecule has 0 aliphatic rings. The number of rotatable bonds is 9. The van der Waals surface area contributed by atoms with Crippen LogP contribution in [-0.2, 0) is 0 Å². The molecule has 3 nitrogen and oxygen atoms in total. The van der Waals surface area contributed by atoms with Gasteiger partial charge in [0.1, 0.15) is 5.58 Å². The first-order valence-corrected chi connectivity index (χ1v) is 23.9. The first-order chi connectivity index (χ1) is 33.8. The first-order valence-electron chi connectivity index (χ1n) is 23.1. The molecule has 0 fully saturated rings. The van der Waals surface area contributed by atoms with E-state index >= 15 is 0 Å². The summed E-state index contributed by atoms with van der Waals surface area (Å²) in [5.74, 6) is 0. The monoisotopic (exact) mass is 886 g/mol. The Morgan fingerprint density at radius 3 is 1.59 bits per heavy atom. The summed E-state index contributed by atoms with van der Waals surface area (Å²) in [6.07, 6.45) is 0. The van der Waals surface area contributed by atoms with Gasteiger partial charge in [0.05, 0.1) is 33.1 Å². The van der Waals surface area contributed by atoms with E-state index in [9.17, 15) is 0 Å². The normalized spacial score (nSPS) is 11.5. The number of hydrogen-bond acceptors (Lipinski definition) is 4. The number of thiophene rings is 1. The third-order valence-electron chi connectivity index (χ3n) is 13.3. The molecule has 2 heterocycles. The summed E-state index contributed by atoms with van der Waals surface area (Å²) >= 11 is 1.84. The van der Waals surface area contributed by atoms with Gasteiger partial charge in [0.25, 0.3) is 0 Å². The van der Waals surface area contributed by atoms with Crippen LogP contribution in [0.3, 0.4) is 0 Å². The summed E-state index contributed by atoms with van der Waals surface area (Å²) in [4.78, 5) is 4.89. The molecule has 4 heteroatoms. The Morgan fingerprint density at radius 1 is 0.294 bits per heavy atom. The van der Waals surface area contributed by atoms with Crippen LogP contribution in [0.25, 0.3) is 86.3 Å². The van der Waals surface area contributed by atoms with Gasteiger partial charge in [0.2, 0.25) is 0 Å². The van der Waals surface area contributed by atoms with Gasteiger partial charge < -0.3 is 14.2 Å². The molecule has 0 spiro atoms. The second-order valence-corrected chi connectivity index (χ2v) is 18.2. The van der Waals surface area contributed by atoms with Crippen LogP contribution in [-0.4, -0.2) is 0 Å². The predicted octanol–water partition coefficient (Wildman–Crippen LogP) is 19.0. The van der Waals surface area contributed by atoms with Gasteiger partial charge in [-0.15, -0.1) is 11.3 Å². The van der Waals surface area contributed by atoms with Gasteiger partial charge in [-0.2, -0.15) is 0 Å². The Balaban J connectivity index is 1.05. The molecule has 2 aromatic heterocycles. The lowest BCUT2D eigenvalue weighted by Crippen LogP contribution is -2.13. The van der Waals surface area contributed by atoms with E-state index in [1.807, 2.05) is 17.4 Å². The lowest BCUT2D eigenvalue weighted by molar-refractivity contribution is 0.669. The molecule has 11 aromatic carbocycles. The summed E-state index contributed by atoms with van der Waals surface area (Å²) in [6, 6.07) is 91.9. The highest BCUT2D eigenvalue weighted by Gasteiger charge is 2.26. The van der Waals surface area contributed by atoms with Crippen LogP contribution in [0.5, 0.6) is 0 Å². The van der Waals surface area contributed by atoms with Crippen molar-refractivity contribution in [2.45, 2.75) is 0 Å². The summed E-state index contributed by atoms with van der Waals surface area (Å²) in [6.45, 7) is 0. The minimum absolute atomic E-state index is 0.854. The molecule has 0 aliphatic heterocycles. The zero-order chi connectivity index (χ0) is 45.0. The van der Waals surface area contributed by atoms with Crippen molar-refractivity contribution >= 4 is 98.3 Å². The molecule has 0 atom stereocenters. The summed E-state index contributed by atoms with van der Waals surface area (Å²) < 4.78 is 9.30. The quantitative estimate of drug-likeness (QED) is 0.144. The second-order valence-electron chi connectivity index (χ2n) is 17.2.